The molecule has 0 saturated carbocycles. The minimum atomic E-state index is 0.587. The van der Waals surface area contributed by atoms with Crippen molar-refractivity contribution in [3.63, 3.8) is 0 Å². The number of nitrogens with one attached hydrogen (secondary N) is 1. The number of allylic oxidation sites excluding steroid dienone is 1. The molecule has 0 aliphatic heterocycles. The first-order valence-corrected chi connectivity index (χ1v) is 8.69. The Morgan fingerprint density at radius 2 is 1.81 bits per heavy atom. The van der Waals surface area contributed by atoms with Gasteiger partial charge in [-0.05, 0) is 62.1 Å². The van der Waals surface area contributed by atoms with Gasteiger partial charge in [0, 0.05) is 6.04 Å². The molecule has 0 fully saturated rings. The van der Waals surface area contributed by atoms with Gasteiger partial charge in [0.25, 0.3) is 0 Å². The van der Waals surface area contributed by atoms with Crippen LogP contribution in [0, 0.1) is 0 Å². The zero-order valence-electron chi connectivity index (χ0n) is 14.0. The van der Waals surface area contributed by atoms with E-state index in [0.717, 1.165) is 13.0 Å². The summed E-state index contributed by atoms with van der Waals surface area (Å²) in [5, 5.41) is 3.67. The third kappa shape index (κ3) is 5.32. The molecule has 0 spiro atoms. The summed E-state index contributed by atoms with van der Waals surface area (Å²) in [5.74, 6) is 0.621. The molecule has 21 heavy (non-hydrogen) atoms. The van der Waals surface area contributed by atoms with E-state index in [9.17, 15) is 0 Å². The second-order valence-corrected chi connectivity index (χ2v) is 6.67. The lowest BCUT2D eigenvalue weighted by molar-refractivity contribution is 0.504. The van der Waals surface area contributed by atoms with E-state index in [0.29, 0.717) is 12.0 Å². The molecule has 0 amide bonds. The number of rotatable bonds is 7. The van der Waals surface area contributed by atoms with Crippen LogP contribution >= 0.6 is 0 Å². The SMILES string of the molecule is CCNC(CC1=CCCCC1)Cc1ccc(C(C)C)cc1. The minimum absolute atomic E-state index is 0.587. The van der Waals surface area contributed by atoms with Crippen molar-refractivity contribution < 1.29 is 0 Å². The third-order valence-corrected chi connectivity index (χ3v) is 4.51. The summed E-state index contributed by atoms with van der Waals surface area (Å²) in [6.45, 7) is 7.78. The highest BCUT2D eigenvalue weighted by Crippen LogP contribution is 2.23. The second-order valence-electron chi connectivity index (χ2n) is 6.67. The van der Waals surface area contributed by atoms with Gasteiger partial charge in [0.05, 0.1) is 0 Å². The number of likely N-dealkylation sites (N-methyl/N-ethyl adjacent to an activating group) is 1. The smallest absolute Gasteiger partial charge is 0.0144 e. The summed E-state index contributed by atoms with van der Waals surface area (Å²) in [6, 6.07) is 9.81. The first-order chi connectivity index (χ1) is 10.2. The molecule has 1 aliphatic rings. The lowest BCUT2D eigenvalue weighted by Crippen LogP contribution is -2.31. The molecule has 2 rings (SSSR count). The van der Waals surface area contributed by atoms with E-state index in [2.05, 4.69) is 56.4 Å². The summed E-state index contributed by atoms with van der Waals surface area (Å²) >= 11 is 0. The van der Waals surface area contributed by atoms with Crippen LogP contribution in [-0.2, 0) is 6.42 Å². The van der Waals surface area contributed by atoms with Crippen LogP contribution in [0.5, 0.6) is 0 Å². The Bertz CT molecular complexity index is 441. The van der Waals surface area contributed by atoms with Gasteiger partial charge in [0.15, 0.2) is 0 Å². The van der Waals surface area contributed by atoms with E-state index in [1.54, 1.807) is 5.57 Å². The molecule has 0 bridgehead atoms. The lowest BCUT2D eigenvalue weighted by atomic mass is 9.91. The molecular formula is C20H31N. The molecule has 1 aromatic carbocycles. The van der Waals surface area contributed by atoms with E-state index >= 15 is 0 Å². The van der Waals surface area contributed by atoms with Gasteiger partial charge in [-0.15, -0.1) is 0 Å². The third-order valence-electron chi connectivity index (χ3n) is 4.51. The van der Waals surface area contributed by atoms with Gasteiger partial charge >= 0.3 is 0 Å². The first-order valence-electron chi connectivity index (χ1n) is 8.69. The van der Waals surface area contributed by atoms with Crippen molar-refractivity contribution >= 4 is 0 Å². The summed E-state index contributed by atoms with van der Waals surface area (Å²) in [7, 11) is 0. The summed E-state index contributed by atoms with van der Waals surface area (Å²) in [6.07, 6.45) is 10.2. The highest BCUT2D eigenvalue weighted by molar-refractivity contribution is 5.25. The van der Waals surface area contributed by atoms with E-state index in [-0.39, 0.29) is 0 Å². The summed E-state index contributed by atoms with van der Waals surface area (Å²) in [4.78, 5) is 0. The Morgan fingerprint density at radius 1 is 1.05 bits per heavy atom. The zero-order chi connectivity index (χ0) is 15.1. The van der Waals surface area contributed by atoms with Crippen LogP contribution in [-0.4, -0.2) is 12.6 Å². The predicted octanol–water partition coefficient (Wildman–Crippen LogP) is 5.22. The second kappa shape index (κ2) is 8.38. The van der Waals surface area contributed by atoms with Crippen molar-refractivity contribution in [1.82, 2.24) is 5.32 Å². The van der Waals surface area contributed by atoms with Crippen LogP contribution in [0.3, 0.4) is 0 Å². The van der Waals surface area contributed by atoms with Gasteiger partial charge in [0.1, 0.15) is 0 Å². The molecular weight excluding hydrogens is 254 g/mol. The van der Waals surface area contributed by atoms with Crippen molar-refractivity contribution in [2.24, 2.45) is 0 Å². The Kier molecular flexibility index (Phi) is 6.50. The molecule has 0 aromatic heterocycles. The van der Waals surface area contributed by atoms with Crippen LogP contribution in [0.1, 0.15) is 69.9 Å². The van der Waals surface area contributed by atoms with Crippen molar-refractivity contribution in [1.29, 1.82) is 0 Å². The zero-order valence-corrected chi connectivity index (χ0v) is 14.0. The van der Waals surface area contributed by atoms with Crippen molar-refractivity contribution in [2.75, 3.05) is 6.54 Å². The number of hydrogen-bond donors (Lipinski definition) is 1. The normalized spacial score (nSPS) is 16.9. The summed E-state index contributed by atoms with van der Waals surface area (Å²) < 4.78 is 0. The van der Waals surface area contributed by atoms with Crippen LogP contribution in [0.25, 0.3) is 0 Å². The monoisotopic (exact) mass is 285 g/mol. The topological polar surface area (TPSA) is 12.0 Å². The van der Waals surface area contributed by atoms with E-state index in [1.807, 2.05) is 0 Å². The van der Waals surface area contributed by atoms with Crippen molar-refractivity contribution in [3.8, 4) is 0 Å². The Morgan fingerprint density at radius 3 is 2.38 bits per heavy atom. The van der Waals surface area contributed by atoms with Crippen LogP contribution in [0.2, 0.25) is 0 Å². The fourth-order valence-electron chi connectivity index (χ4n) is 3.23. The van der Waals surface area contributed by atoms with Crippen molar-refractivity contribution in [3.05, 3.63) is 47.0 Å². The highest BCUT2D eigenvalue weighted by atomic mass is 14.9. The van der Waals surface area contributed by atoms with E-state index < -0.39 is 0 Å². The maximum Gasteiger partial charge on any atom is 0.0144 e. The molecule has 1 nitrogen and oxygen atoms in total. The molecule has 1 N–H and O–H groups in total. The molecule has 1 aliphatic carbocycles. The minimum Gasteiger partial charge on any atom is -0.314 e. The maximum absolute atomic E-state index is 3.67. The summed E-state index contributed by atoms with van der Waals surface area (Å²) in [5.41, 5.74) is 4.57. The number of hydrogen-bond acceptors (Lipinski definition) is 1. The Labute approximate surface area is 130 Å². The van der Waals surface area contributed by atoms with E-state index in [1.165, 1.54) is 43.2 Å². The van der Waals surface area contributed by atoms with Gasteiger partial charge in [-0.25, -0.2) is 0 Å². The molecule has 1 heteroatoms. The van der Waals surface area contributed by atoms with Gasteiger partial charge in [-0.3, -0.25) is 0 Å². The fraction of sp³-hybridized carbons (Fsp3) is 0.600. The molecule has 1 unspecified atom stereocenters. The highest BCUT2D eigenvalue weighted by Gasteiger charge is 2.13. The first kappa shape index (κ1) is 16.3. The molecule has 1 aromatic rings. The standard InChI is InChI=1S/C20H31N/c1-4-21-20(14-17-8-6-5-7-9-17)15-18-10-12-19(13-11-18)16(2)3/h8,10-13,16,20-21H,4-7,9,14-15H2,1-3H3. The maximum atomic E-state index is 3.67. The molecule has 1 atom stereocenters. The quantitative estimate of drug-likeness (QED) is 0.677. The van der Waals surface area contributed by atoms with Crippen LogP contribution < -0.4 is 5.32 Å². The Balaban J connectivity index is 1.96. The average molecular weight is 285 g/mol. The average Bonchev–Trinajstić information content (AvgIpc) is 2.49. The molecule has 0 heterocycles. The molecule has 0 saturated heterocycles. The largest absolute Gasteiger partial charge is 0.314 e. The van der Waals surface area contributed by atoms with E-state index in [4.69, 9.17) is 0 Å². The fourth-order valence-corrected chi connectivity index (χ4v) is 3.23. The van der Waals surface area contributed by atoms with Gasteiger partial charge in [-0.1, -0.05) is 56.7 Å². The predicted molar refractivity (Wildman–Crippen MR) is 92.9 cm³/mol. The van der Waals surface area contributed by atoms with Crippen LogP contribution in [0.15, 0.2) is 35.9 Å². The molecule has 116 valence electrons. The lowest BCUT2D eigenvalue weighted by Gasteiger charge is -2.22. The van der Waals surface area contributed by atoms with Crippen LogP contribution in [0.4, 0.5) is 0 Å². The van der Waals surface area contributed by atoms with Gasteiger partial charge in [-0.2, -0.15) is 0 Å². The Hall–Kier alpha value is -1.08. The van der Waals surface area contributed by atoms with Gasteiger partial charge in [0.2, 0.25) is 0 Å². The van der Waals surface area contributed by atoms with Gasteiger partial charge < -0.3 is 5.32 Å². The number of benzene rings is 1. The van der Waals surface area contributed by atoms with Crippen molar-refractivity contribution in [2.45, 2.75) is 71.3 Å². The molecule has 0 radical (unpaired) electrons.